The number of nitrogens with one attached hydrogen (secondary N) is 1. The van der Waals surface area contributed by atoms with Crippen LogP contribution in [0.25, 0.3) is 0 Å². The Morgan fingerprint density at radius 3 is 2.32 bits per heavy atom. The summed E-state index contributed by atoms with van der Waals surface area (Å²) in [6, 6.07) is 10.9. The number of benzene rings is 2. The van der Waals surface area contributed by atoms with Crippen molar-refractivity contribution in [2.75, 3.05) is 24.7 Å². The molecule has 1 aliphatic rings. The number of anilines is 1. The van der Waals surface area contributed by atoms with Crippen molar-refractivity contribution in [1.82, 2.24) is 14.9 Å². The summed E-state index contributed by atoms with van der Waals surface area (Å²) in [7, 11) is 1.51. The Balaban J connectivity index is 1.77. The Hall–Kier alpha value is -3.15. The van der Waals surface area contributed by atoms with Gasteiger partial charge in [0.05, 0.1) is 23.7 Å². The minimum Gasteiger partial charge on any atom is -0.361 e. The normalized spacial score (nSPS) is 15.9. The summed E-state index contributed by atoms with van der Waals surface area (Å²) in [5.74, 6) is -0.235. The number of para-hydroxylation sites is 1. The average Bonchev–Trinajstić information content (AvgIpc) is 3.27. The SMILES string of the molecule is CNC(=O)Cc1ccccc1N1CCn2c(SC)nc(C(F)(F)F)c2[C@@H]1CCc1ccc(C(F)(F)F)cc1. The molecule has 204 valence electrons. The first-order valence-electron chi connectivity index (χ1n) is 11.9. The number of hydrogen-bond donors (Lipinski definition) is 1. The molecule has 1 amide bonds. The number of carbonyl (C=O) groups excluding carboxylic acids is 1. The standard InChI is InChI=1S/C26H26F6N4OS/c1-33-21(37)15-17-5-3-4-6-19(17)35-13-14-36-22(23(26(30,31)32)34-24(36)38-2)20(35)12-9-16-7-10-18(11-8-16)25(27,28)29/h3-8,10-11,20H,9,12-15H2,1-2H3,(H,33,37)/t20-/m0/s1. The Morgan fingerprint density at radius 2 is 1.71 bits per heavy atom. The van der Waals surface area contributed by atoms with Crippen molar-refractivity contribution in [1.29, 1.82) is 0 Å². The molecule has 0 saturated heterocycles. The predicted molar refractivity (Wildman–Crippen MR) is 133 cm³/mol. The van der Waals surface area contributed by atoms with Crippen molar-refractivity contribution in [3.05, 3.63) is 76.6 Å². The largest absolute Gasteiger partial charge is 0.435 e. The highest BCUT2D eigenvalue weighted by Gasteiger charge is 2.44. The third-order valence-corrected chi connectivity index (χ3v) is 7.27. The number of aryl methyl sites for hydroxylation is 1. The van der Waals surface area contributed by atoms with E-state index in [9.17, 15) is 31.1 Å². The summed E-state index contributed by atoms with van der Waals surface area (Å²) in [6.07, 6.45) is -7.01. The van der Waals surface area contributed by atoms with E-state index in [1.165, 1.54) is 19.2 Å². The van der Waals surface area contributed by atoms with Gasteiger partial charge in [0.15, 0.2) is 10.9 Å². The third kappa shape index (κ3) is 5.79. The highest BCUT2D eigenvalue weighted by Crippen LogP contribution is 2.44. The van der Waals surface area contributed by atoms with Crippen molar-refractivity contribution in [2.45, 2.75) is 49.4 Å². The summed E-state index contributed by atoms with van der Waals surface area (Å²) < 4.78 is 83.1. The van der Waals surface area contributed by atoms with Crippen LogP contribution in [-0.2, 0) is 36.5 Å². The van der Waals surface area contributed by atoms with Gasteiger partial charge in [-0.3, -0.25) is 4.79 Å². The monoisotopic (exact) mass is 556 g/mol. The number of carbonyl (C=O) groups is 1. The van der Waals surface area contributed by atoms with Crippen LogP contribution in [-0.4, -0.2) is 35.3 Å². The number of halogens is 6. The highest BCUT2D eigenvalue weighted by molar-refractivity contribution is 7.98. The molecule has 0 fully saturated rings. The van der Waals surface area contributed by atoms with Crippen LogP contribution in [0.2, 0.25) is 0 Å². The molecule has 3 aromatic rings. The van der Waals surface area contributed by atoms with Gasteiger partial charge in [-0.1, -0.05) is 42.1 Å². The molecule has 0 unspecified atom stereocenters. The second kappa shape index (κ2) is 10.9. The fraction of sp³-hybridized carbons (Fsp3) is 0.385. The van der Waals surface area contributed by atoms with Crippen molar-refractivity contribution in [3.8, 4) is 0 Å². The first-order valence-corrected chi connectivity index (χ1v) is 13.1. The van der Waals surface area contributed by atoms with Crippen molar-refractivity contribution >= 4 is 23.4 Å². The van der Waals surface area contributed by atoms with Gasteiger partial charge in [0.25, 0.3) is 0 Å². The van der Waals surface area contributed by atoms with E-state index in [4.69, 9.17) is 0 Å². The lowest BCUT2D eigenvalue weighted by molar-refractivity contribution is -0.142. The average molecular weight is 557 g/mol. The number of fused-ring (bicyclic) bond motifs is 1. The Labute approximate surface area is 220 Å². The highest BCUT2D eigenvalue weighted by atomic mass is 32.2. The van der Waals surface area contributed by atoms with Gasteiger partial charge in [-0.25, -0.2) is 4.98 Å². The Morgan fingerprint density at radius 1 is 1.03 bits per heavy atom. The quantitative estimate of drug-likeness (QED) is 0.281. The summed E-state index contributed by atoms with van der Waals surface area (Å²) in [4.78, 5) is 17.9. The van der Waals surface area contributed by atoms with Gasteiger partial charge in [0, 0.05) is 25.8 Å². The lowest BCUT2D eigenvalue weighted by Crippen LogP contribution is -2.40. The van der Waals surface area contributed by atoms with E-state index in [1.54, 1.807) is 35.1 Å². The van der Waals surface area contributed by atoms with E-state index < -0.39 is 29.7 Å². The minimum atomic E-state index is -4.69. The van der Waals surface area contributed by atoms with Crippen LogP contribution in [0.5, 0.6) is 0 Å². The van der Waals surface area contributed by atoms with Crippen LogP contribution in [0, 0.1) is 0 Å². The second-order valence-electron chi connectivity index (χ2n) is 8.90. The molecule has 2 aromatic carbocycles. The van der Waals surface area contributed by atoms with E-state index in [2.05, 4.69) is 10.3 Å². The molecule has 1 atom stereocenters. The van der Waals surface area contributed by atoms with Crippen molar-refractivity contribution in [3.63, 3.8) is 0 Å². The zero-order valence-electron chi connectivity index (χ0n) is 20.7. The molecule has 0 aliphatic carbocycles. The number of thioether (sulfide) groups is 1. The first-order chi connectivity index (χ1) is 17.9. The molecule has 0 radical (unpaired) electrons. The van der Waals surface area contributed by atoms with Crippen molar-refractivity contribution < 1.29 is 31.1 Å². The van der Waals surface area contributed by atoms with Gasteiger partial charge >= 0.3 is 12.4 Å². The van der Waals surface area contributed by atoms with E-state index in [-0.39, 0.29) is 42.6 Å². The zero-order valence-corrected chi connectivity index (χ0v) is 21.5. The molecule has 2 heterocycles. The summed E-state index contributed by atoms with van der Waals surface area (Å²) >= 11 is 1.13. The maximum absolute atomic E-state index is 14.2. The molecule has 1 aliphatic heterocycles. The first kappa shape index (κ1) is 27.9. The number of rotatable bonds is 7. The van der Waals surface area contributed by atoms with Gasteiger partial charge in [-0.2, -0.15) is 26.3 Å². The molecule has 1 aromatic heterocycles. The van der Waals surface area contributed by atoms with E-state index >= 15 is 0 Å². The van der Waals surface area contributed by atoms with Crippen LogP contribution in [0.3, 0.4) is 0 Å². The smallest absolute Gasteiger partial charge is 0.361 e. The molecule has 0 spiro atoms. The molecular formula is C26H26F6N4OS. The summed E-state index contributed by atoms with van der Waals surface area (Å²) in [6.45, 7) is 0.635. The van der Waals surface area contributed by atoms with Gasteiger partial charge < -0.3 is 14.8 Å². The third-order valence-electron chi connectivity index (χ3n) is 6.60. The molecule has 0 bridgehead atoms. The molecule has 38 heavy (non-hydrogen) atoms. The van der Waals surface area contributed by atoms with E-state index in [0.29, 0.717) is 23.4 Å². The summed E-state index contributed by atoms with van der Waals surface area (Å²) in [5, 5.41) is 2.82. The van der Waals surface area contributed by atoms with Crippen LogP contribution < -0.4 is 10.2 Å². The predicted octanol–water partition coefficient (Wildman–Crippen LogP) is 6.13. The van der Waals surface area contributed by atoms with Gasteiger partial charge in [-0.15, -0.1) is 0 Å². The fourth-order valence-electron chi connectivity index (χ4n) is 4.82. The number of hydrogen-bond acceptors (Lipinski definition) is 4. The van der Waals surface area contributed by atoms with Gasteiger partial charge in [-0.05, 0) is 48.4 Å². The maximum Gasteiger partial charge on any atom is 0.435 e. The van der Waals surface area contributed by atoms with Crippen LogP contribution in [0.1, 0.15) is 40.5 Å². The number of likely N-dealkylation sites (N-methyl/N-ethyl adjacent to an activating group) is 1. The molecule has 4 rings (SSSR count). The number of amides is 1. The van der Waals surface area contributed by atoms with Crippen molar-refractivity contribution in [2.24, 2.45) is 0 Å². The second-order valence-corrected chi connectivity index (χ2v) is 9.68. The number of nitrogens with zero attached hydrogens (tertiary/aromatic N) is 3. The van der Waals surface area contributed by atoms with Gasteiger partial charge in [0.1, 0.15) is 0 Å². The maximum atomic E-state index is 14.2. The van der Waals surface area contributed by atoms with Crippen LogP contribution >= 0.6 is 11.8 Å². The lowest BCUT2D eigenvalue weighted by atomic mass is 9.96. The number of imidazole rings is 1. The molecule has 5 nitrogen and oxygen atoms in total. The van der Waals surface area contributed by atoms with Crippen LogP contribution in [0.15, 0.2) is 53.7 Å². The zero-order chi connectivity index (χ0) is 27.7. The Bertz CT molecular complexity index is 1290. The van der Waals surface area contributed by atoms with Crippen LogP contribution in [0.4, 0.5) is 32.0 Å². The van der Waals surface area contributed by atoms with E-state index in [1.807, 2.05) is 4.90 Å². The van der Waals surface area contributed by atoms with E-state index in [0.717, 1.165) is 23.9 Å². The fourth-order valence-corrected chi connectivity index (χ4v) is 5.41. The summed E-state index contributed by atoms with van der Waals surface area (Å²) in [5.41, 5.74) is 0.151. The number of alkyl halides is 6. The topological polar surface area (TPSA) is 50.2 Å². The lowest BCUT2D eigenvalue weighted by Gasteiger charge is -2.40. The molecule has 0 saturated carbocycles. The van der Waals surface area contributed by atoms with Gasteiger partial charge in [0.2, 0.25) is 5.91 Å². The molecule has 1 N–H and O–H groups in total. The number of aromatic nitrogens is 2. The Kier molecular flexibility index (Phi) is 8.01. The molecular weight excluding hydrogens is 530 g/mol. The molecule has 12 heteroatoms. The minimum absolute atomic E-state index is 0.0229.